The van der Waals surface area contributed by atoms with E-state index in [1.54, 1.807) is 7.11 Å². The second-order valence-electron chi connectivity index (χ2n) is 5.51. The molecule has 4 heteroatoms. The molecule has 0 bridgehead atoms. The van der Waals surface area contributed by atoms with Gasteiger partial charge in [-0.05, 0) is 50.4 Å². The highest BCUT2D eigenvalue weighted by Crippen LogP contribution is 2.17. The van der Waals surface area contributed by atoms with Gasteiger partial charge < -0.3 is 19.5 Å². The Hall–Kier alpha value is -1.10. The van der Waals surface area contributed by atoms with Gasteiger partial charge in [-0.2, -0.15) is 0 Å². The number of methoxy groups -OCH3 is 1. The monoisotopic (exact) mass is 293 g/mol. The zero-order chi connectivity index (χ0) is 14.9. The summed E-state index contributed by atoms with van der Waals surface area (Å²) in [4.78, 5) is 0. The summed E-state index contributed by atoms with van der Waals surface area (Å²) in [6.07, 6.45) is 3.67. The Labute approximate surface area is 127 Å². The molecule has 1 aromatic rings. The highest BCUT2D eigenvalue weighted by atomic mass is 16.5. The van der Waals surface area contributed by atoms with Gasteiger partial charge in [0.1, 0.15) is 5.75 Å². The molecular weight excluding hydrogens is 266 g/mol. The van der Waals surface area contributed by atoms with Gasteiger partial charge in [-0.15, -0.1) is 0 Å². The first-order valence-electron chi connectivity index (χ1n) is 7.86. The van der Waals surface area contributed by atoms with Crippen LogP contribution in [0.15, 0.2) is 24.3 Å². The van der Waals surface area contributed by atoms with Gasteiger partial charge in [-0.1, -0.05) is 12.1 Å². The van der Waals surface area contributed by atoms with Gasteiger partial charge in [-0.3, -0.25) is 0 Å². The summed E-state index contributed by atoms with van der Waals surface area (Å²) in [7, 11) is 1.69. The molecule has 1 fully saturated rings. The standard InChI is InChI=1S/C17H27NO3/c1-14(15-6-8-16(19-2)9-7-15)18-10-4-11-20-13-17-5-3-12-21-17/h6-9,14,17-18H,3-5,10-13H2,1-2H3. The fraction of sp³-hybridized carbons (Fsp3) is 0.647. The van der Waals surface area contributed by atoms with Crippen molar-refractivity contribution in [2.75, 3.05) is 33.5 Å². The van der Waals surface area contributed by atoms with E-state index < -0.39 is 0 Å². The minimum atomic E-state index is 0.330. The largest absolute Gasteiger partial charge is 0.497 e. The van der Waals surface area contributed by atoms with Crippen LogP contribution in [-0.4, -0.2) is 39.6 Å². The Morgan fingerprint density at radius 2 is 2.14 bits per heavy atom. The number of nitrogens with one attached hydrogen (secondary N) is 1. The topological polar surface area (TPSA) is 39.7 Å². The molecule has 0 amide bonds. The van der Waals surface area contributed by atoms with Crippen molar-refractivity contribution in [3.8, 4) is 5.75 Å². The zero-order valence-electron chi connectivity index (χ0n) is 13.1. The van der Waals surface area contributed by atoms with Crippen LogP contribution in [0.3, 0.4) is 0 Å². The molecule has 118 valence electrons. The molecule has 0 radical (unpaired) electrons. The van der Waals surface area contributed by atoms with Crippen LogP contribution in [0.1, 0.15) is 37.8 Å². The van der Waals surface area contributed by atoms with Crippen LogP contribution < -0.4 is 10.1 Å². The average molecular weight is 293 g/mol. The third-order valence-corrected chi connectivity index (χ3v) is 3.86. The van der Waals surface area contributed by atoms with Gasteiger partial charge in [0, 0.05) is 19.3 Å². The molecular formula is C17H27NO3. The van der Waals surface area contributed by atoms with Crippen LogP contribution in [0, 0.1) is 0 Å². The van der Waals surface area contributed by atoms with Gasteiger partial charge in [0.15, 0.2) is 0 Å². The first-order chi connectivity index (χ1) is 10.3. The minimum absolute atomic E-state index is 0.330. The third kappa shape index (κ3) is 5.65. The average Bonchev–Trinajstić information content (AvgIpc) is 3.04. The van der Waals surface area contributed by atoms with Gasteiger partial charge >= 0.3 is 0 Å². The van der Waals surface area contributed by atoms with Gasteiger partial charge in [0.05, 0.1) is 19.8 Å². The van der Waals surface area contributed by atoms with Crippen LogP contribution >= 0.6 is 0 Å². The highest BCUT2D eigenvalue weighted by molar-refractivity contribution is 5.28. The van der Waals surface area contributed by atoms with E-state index in [1.165, 1.54) is 12.0 Å². The van der Waals surface area contributed by atoms with E-state index >= 15 is 0 Å². The lowest BCUT2D eigenvalue weighted by Crippen LogP contribution is -2.22. The van der Waals surface area contributed by atoms with Crippen molar-refractivity contribution in [1.29, 1.82) is 0 Å². The minimum Gasteiger partial charge on any atom is -0.497 e. The van der Waals surface area contributed by atoms with E-state index in [9.17, 15) is 0 Å². The lowest BCUT2D eigenvalue weighted by molar-refractivity contribution is 0.0165. The van der Waals surface area contributed by atoms with E-state index in [0.29, 0.717) is 12.1 Å². The van der Waals surface area contributed by atoms with E-state index in [4.69, 9.17) is 14.2 Å². The number of hydrogen-bond acceptors (Lipinski definition) is 4. The van der Waals surface area contributed by atoms with Crippen molar-refractivity contribution in [2.45, 2.75) is 38.3 Å². The smallest absolute Gasteiger partial charge is 0.118 e. The van der Waals surface area contributed by atoms with Crippen molar-refractivity contribution in [3.05, 3.63) is 29.8 Å². The molecule has 1 N–H and O–H groups in total. The molecule has 2 atom stereocenters. The van der Waals surface area contributed by atoms with Crippen molar-refractivity contribution < 1.29 is 14.2 Å². The van der Waals surface area contributed by atoms with Crippen LogP contribution in [0.5, 0.6) is 5.75 Å². The Morgan fingerprint density at radius 1 is 1.33 bits per heavy atom. The predicted octanol–water partition coefficient (Wildman–Crippen LogP) is 2.93. The Balaban J connectivity index is 1.54. The number of ether oxygens (including phenoxy) is 3. The molecule has 0 aromatic heterocycles. The molecule has 1 heterocycles. The lowest BCUT2D eigenvalue weighted by Gasteiger charge is -2.15. The second-order valence-corrected chi connectivity index (χ2v) is 5.51. The fourth-order valence-electron chi connectivity index (χ4n) is 2.49. The Kier molecular flexibility index (Phi) is 7.00. The molecule has 0 spiro atoms. The van der Waals surface area contributed by atoms with Crippen molar-refractivity contribution in [2.24, 2.45) is 0 Å². The summed E-state index contributed by atoms with van der Waals surface area (Å²) in [6.45, 7) is 5.57. The lowest BCUT2D eigenvalue weighted by atomic mass is 10.1. The summed E-state index contributed by atoms with van der Waals surface area (Å²) in [5, 5.41) is 3.51. The Morgan fingerprint density at radius 3 is 2.81 bits per heavy atom. The molecule has 1 aromatic carbocycles. The molecule has 0 aliphatic carbocycles. The number of benzene rings is 1. The van der Waals surface area contributed by atoms with Crippen molar-refractivity contribution in [3.63, 3.8) is 0 Å². The third-order valence-electron chi connectivity index (χ3n) is 3.86. The summed E-state index contributed by atoms with van der Waals surface area (Å²) in [5.74, 6) is 0.897. The molecule has 1 aliphatic rings. The molecule has 2 rings (SSSR count). The maximum Gasteiger partial charge on any atom is 0.118 e. The second kappa shape index (κ2) is 9.03. The summed E-state index contributed by atoms with van der Waals surface area (Å²) < 4.78 is 16.3. The van der Waals surface area contributed by atoms with Crippen LogP contribution in [0.4, 0.5) is 0 Å². The van der Waals surface area contributed by atoms with Crippen LogP contribution in [-0.2, 0) is 9.47 Å². The summed E-state index contributed by atoms with van der Waals surface area (Å²) in [6, 6.07) is 8.54. The fourth-order valence-corrected chi connectivity index (χ4v) is 2.49. The van der Waals surface area contributed by atoms with Gasteiger partial charge in [0.25, 0.3) is 0 Å². The summed E-state index contributed by atoms with van der Waals surface area (Å²) in [5.41, 5.74) is 1.27. The van der Waals surface area contributed by atoms with E-state index in [0.717, 1.165) is 45.0 Å². The quantitative estimate of drug-likeness (QED) is 0.711. The first-order valence-corrected chi connectivity index (χ1v) is 7.86. The van der Waals surface area contributed by atoms with Crippen LogP contribution in [0.2, 0.25) is 0 Å². The molecule has 21 heavy (non-hydrogen) atoms. The van der Waals surface area contributed by atoms with E-state index in [-0.39, 0.29) is 0 Å². The molecule has 2 unspecified atom stereocenters. The van der Waals surface area contributed by atoms with Gasteiger partial charge in [-0.25, -0.2) is 0 Å². The first kappa shape index (κ1) is 16.3. The number of rotatable bonds is 9. The predicted molar refractivity (Wildman–Crippen MR) is 83.8 cm³/mol. The zero-order valence-corrected chi connectivity index (χ0v) is 13.1. The maximum atomic E-state index is 5.65. The molecule has 0 saturated carbocycles. The molecule has 1 saturated heterocycles. The van der Waals surface area contributed by atoms with Gasteiger partial charge in [0.2, 0.25) is 0 Å². The molecule has 4 nitrogen and oxygen atoms in total. The summed E-state index contributed by atoms with van der Waals surface area (Å²) >= 11 is 0. The maximum absolute atomic E-state index is 5.65. The Bertz CT molecular complexity index is 388. The van der Waals surface area contributed by atoms with Crippen molar-refractivity contribution >= 4 is 0 Å². The SMILES string of the molecule is COc1ccc(C(C)NCCCOCC2CCCO2)cc1. The number of hydrogen-bond donors (Lipinski definition) is 1. The molecule has 1 aliphatic heterocycles. The van der Waals surface area contributed by atoms with E-state index in [1.807, 2.05) is 12.1 Å². The highest BCUT2D eigenvalue weighted by Gasteiger charge is 2.14. The van der Waals surface area contributed by atoms with Crippen LogP contribution in [0.25, 0.3) is 0 Å². The van der Waals surface area contributed by atoms with E-state index in [2.05, 4.69) is 24.4 Å². The van der Waals surface area contributed by atoms with Crippen molar-refractivity contribution in [1.82, 2.24) is 5.32 Å². The normalized spacial score (nSPS) is 19.6.